The van der Waals surface area contributed by atoms with Gasteiger partial charge in [0.15, 0.2) is 0 Å². The quantitative estimate of drug-likeness (QED) is 0.556. The molecular weight excluding hydrogens is 425 g/mol. The Morgan fingerprint density at radius 3 is 2.62 bits per heavy atom. The minimum atomic E-state index is -0.200. The highest BCUT2D eigenvalue weighted by Crippen LogP contribution is 2.31. The predicted molar refractivity (Wildman–Crippen MR) is 138 cm³/mol. The van der Waals surface area contributed by atoms with E-state index in [1.54, 1.807) is 12.1 Å². The number of aromatic nitrogens is 1. The molecule has 34 heavy (non-hydrogen) atoms. The van der Waals surface area contributed by atoms with Gasteiger partial charge in [-0.25, -0.2) is 9.37 Å². The summed E-state index contributed by atoms with van der Waals surface area (Å²) >= 11 is 0. The van der Waals surface area contributed by atoms with Crippen LogP contribution >= 0.6 is 0 Å². The molecule has 5 rings (SSSR count). The topological polar surface area (TPSA) is 43.4 Å². The molecule has 2 aromatic carbocycles. The Labute approximate surface area is 202 Å². The van der Waals surface area contributed by atoms with E-state index in [1.807, 2.05) is 18.3 Å². The average molecular weight is 460 g/mol. The fourth-order valence-corrected chi connectivity index (χ4v) is 5.13. The molecule has 3 heterocycles. The van der Waals surface area contributed by atoms with Crippen LogP contribution in [0.2, 0.25) is 0 Å². The third-order valence-electron chi connectivity index (χ3n) is 6.90. The zero-order chi connectivity index (χ0) is 23.3. The van der Waals surface area contributed by atoms with E-state index in [9.17, 15) is 4.39 Å². The third-order valence-corrected chi connectivity index (χ3v) is 6.90. The molecule has 5 nitrogen and oxygen atoms in total. The molecule has 1 atom stereocenters. The number of hydrogen-bond donors (Lipinski definition) is 2. The predicted octanol–water partition coefficient (Wildman–Crippen LogP) is 4.76. The van der Waals surface area contributed by atoms with Crippen molar-refractivity contribution >= 4 is 11.5 Å². The number of piperazine rings is 1. The van der Waals surface area contributed by atoms with Gasteiger partial charge < -0.3 is 15.5 Å². The van der Waals surface area contributed by atoms with Crippen LogP contribution in [0.25, 0.3) is 11.1 Å². The van der Waals surface area contributed by atoms with Crippen LogP contribution in [-0.2, 0) is 6.54 Å². The Hall–Kier alpha value is -2.96. The standard InChI is InChI=1S/C28H34FN5/c1-21-19-33(17-14-30-21)20-22-7-9-23(10-8-22)27-6-3-13-31-28(27)34-15-11-25(12-16-34)32-26-5-2-4-24(29)18-26/h2-10,13,18,21,25,30,32H,11-12,14-17,19-20H2,1H3/t21-/m0/s1. The maximum absolute atomic E-state index is 13.5. The molecule has 0 radical (unpaired) electrons. The van der Waals surface area contributed by atoms with Crippen LogP contribution in [0.1, 0.15) is 25.3 Å². The van der Waals surface area contributed by atoms with Gasteiger partial charge in [-0.3, -0.25) is 4.90 Å². The summed E-state index contributed by atoms with van der Waals surface area (Å²) in [4.78, 5) is 9.67. The van der Waals surface area contributed by atoms with Crippen molar-refractivity contribution in [1.82, 2.24) is 15.2 Å². The maximum atomic E-state index is 13.5. The van der Waals surface area contributed by atoms with Gasteiger partial charge in [0, 0.05) is 68.8 Å². The molecule has 2 saturated heterocycles. The molecule has 0 unspecified atom stereocenters. The molecule has 1 aromatic heterocycles. The molecule has 178 valence electrons. The highest BCUT2D eigenvalue weighted by Gasteiger charge is 2.22. The van der Waals surface area contributed by atoms with Crippen molar-refractivity contribution in [1.29, 1.82) is 0 Å². The average Bonchev–Trinajstić information content (AvgIpc) is 2.85. The smallest absolute Gasteiger partial charge is 0.136 e. The number of halogens is 1. The van der Waals surface area contributed by atoms with Crippen LogP contribution in [-0.4, -0.2) is 54.7 Å². The number of anilines is 2. The van der Waals surface area contributed by atoms with Gasteiger partial charge >= 0.3 is 0 Å². The Balaban J connectivity index is 1.23. The highest BCUT2D eigenvalue weighted by molar-refractivity contribution is 5.76. The SMILES string of the molecule is C[C@H]1CN(Cc2ccc(-c3cccnc3N3CCC(Nc4cccc(F)c4)CC3)cc2)CCN1. The number of nitrogens with one attached hydrogen (secondary N) is 2. The van der Waals surface area contributed by atoms with Crippen LogP contribution in [0.4, 0.5) is 15.9 Å². The Morgan fingerprint density at radius 2 is 1.85 bits per heavy atom. The van der Waals surface area contributed by atoms with Crippen LogP contribution in [0.3, 0.4) is 0 Å². The summed E-state index contributed by atoms with van der Waals surface area (Å²) in [6.07, 6.45) is 3.87. The molecule has 2 aliphatic heterocycles. The summed E-state index contributed by atoms with van der Waals surface area (Å²) in [6, 6.07) is 20.8. The van der Waals surface area contributed by atoms with Crippen molar-refractivity contribution in [3.05, 3.63) is 78.2 Å². The fourth-order valence-electron chi connectivity index (χ4n) is 5.13. The first-order valence-electron chi connectivity index (χ1n) is 12.4. The zero-order valence-electron chi connectivity index (χ0n) is 19.9. The molecule has 0 amide bonds. The van der Waals surface area contributed by atoms with Crippen LogP contribution in [0.15, 0.2) is 66.9 Å². The monoisotopic (exact) mass is 459 g/mol. The van der Waals surface area contributed by atoms with E-state index < -0.39 is 0 Å². The Morgan fingerprint density at radius 1 is 1.03 bits per heavy atom. The van der Waals surface area contributed by atoms with E-state index in [0.717, 1.165) is 63.6 Å². The van der Waals surface area contributed by atoms with Gasteiger partial charge in [0.05, 0.1) is 0 Å². The van der Waals surface area contributed by atoms with Gasteiger partial charge in [-0.15, -0.1) is 0 Å². The fraction of sp³-hybridized carbons (Fsp3) is 0.393. The minimum absolute atomic E-state index is 0.200. The van der Waals surface area contributed by atoms with Gasteiger partial charge in [0.1, 0.15) is 11.6 Å². The lowest BCUT2D eigenvalue weighted by molar-refractivity contribution is 0.199. The van der Waals surface area contributed by atoms with Crippen molar-refractivity contribution in [3.8, 4) is 11.1 Å². The normalized spacial score (nSPS) is 19.8. The Kier molecular flexibility index (Phi) is 7.07. The first kappa shape index (κ1) is 22.8. The molecule has 0 saturated carbocycles. The van der Waals surface area contributed by atoms with E-state index in [-0.39, 0.29) is 5.82 Å². The lowest BCUT2D eigenvalue weighted by atomic mass is 10.0. The van der Waals surface area contributed by atoms with Crippen molar-refractivity contribution in [3.63, 3.8) is 0 Å². The van der Waals surface area contributed by atoms with Crippen LogP contribution < -0.4 is 15.5 Å². The van der Waals surface area contributed by atoms with Crippen molar-refractivity contribution in [2.75, 3.05) is 42.9 Å². The second-order valence-corrected chi connectivity index (χ2v) is 9.58. The molecule has 2 aliphatic rings. The number of rotatable bonds is 6. The number of pyridine rings is 1. The summed E-state index contributed by atoms with van der Waals surface area (Å²) in [5.41, 5.74) is 4.60. The molecule has 2 N–H and O–H groups in total. The van der Waals surface area contributed by atoms with Crippen LogP contribution in [0, 0.1) is 5.82 Å². The lowest BCUT2D eigenvalue weighted by Crippen LogP contribution is -2.48. The molecule has 0 bridgehead atoms. The van der Waals surface area contributed by atoms with Gasteiger partial charge in [-0.1, -0.05) is 30.3 Å². The number of hydrogen-bond acceptors (Lipinski definition) is 5. The molecule has 2 fully saturated rings. The zero-order valence-corrected chi connectivity index (χ0v) is 19.9. The van der Waals surface area contributed by atoms with E-state index in [1.165, 1.54) is 22.8 Å². The van der Waals surface area contributed by atoms with Crippen molar-refractivity contribution < 1.29 is 4.39 Å². The van der Waals surface area contributed by atoms with E-state index in [0.29, 0.717) is 12.1 Å². The largest absolute Gasteiger partial charge is 0.382 e. The van der Waals surface area contributed by atoms with Crippen molar-refractivity contribution in [2.24, 2.45) is 0 Å². The first-order valence-corrected chi connectivity index (χ1v) is 12.4. The third kappa shape index (κ3) is 5.57. The van der Waals surface area contributed by atoms with Gasteiger partial charge in [0.2, 0.25) is 0 Å². The number of piperidine rings is 1. The maximum Gasteiger partial charge on any atom is 0.136 e. The summed E-state index contributed by atoms with van der Waals surface area (Å²) in [7, 11) is 0. The molecule has 3 aromatic rings. The summed E-state index contributed by atoms with van der Waals surface area (Å²) in [5, 5.41) is 7.00. The lowest BCUT2D eigenvalue weighted by Gasteiger charge is -2.34. The summed E-state index contributed by atoms with van der Waals surface area (Å²) in [5.74, 6) is 0.851. The van der Waals surface area contributed by atoms with Crippen LogP contribution in [0.5, 0.6) is 0 Å². The second-order valence-electron chi connectivity index (χ2n) is 9.58. The summed E-state index contributed by atoms with van der Waals surface area (Å²) < 4.78 is 13.5. The Bertz CT molecular complexity index is 1080. The molecule has 0 spiro atoms. The number of nitrogens with zero attached hydrogens (tertiary/aromatic N) is 3. The highest BCUT2D eigenvalue weighted by atomic mass is 19.1. The second kappa shape index (κ2) is 10.5. The minimum Gasteiger partial charge on any atom is -0.382 e. The first-order chi connectivity index (χ1) is 16.6. The molecular formula is C28H34FN5. The summed E-state index contributed by atoms with van der Waals surface area (Å²) in [6.45, 7) is 8.36. The van der Waals surface area contributed by atoms with Gasteiger partial charge in [-0.05, 0) is 61.2 Å². The number of benzene rings is 2. The van der Waals surface area contributed by atoms with Gasteiger partial charge in [-0.2, -0.15) is 0 Å². The molecule has 0 aliphatic carbocycles. The molecule has 6 heteroatoms. The van der Waals surface area contributed by atoms with Crippen molar-refractivity contribution in [2.45, 2.75) is 38.4 Å². The van der Waals surface area contributed by atoms with E-state index in [2.05, 4.69) is 57.7 Å². The van der Waals surface area contributed by atoms with Gasteiger partial charge in [0.25, 0.3) is 0 Å². The van der Waals surface area contributed by atoms with E-state index in [4.69, 9.17) is 4.98 Å². The van der Waals surface area contributed by atoms with E-state index >= 15 is 0 Å².